The van der Waals surface area contributed by atoms with Gasteiger partial charge < -0.3 is 15.2 Å². The summed E-state index contributed by atoms with van der Waals surface area (Å²) in [4.78, 5) is 20.6. The Morgan fingerprint density at radius 1 is 1.80 bits per heavy atom. The molecule has 2 N–H and O–H groups in total. The summed E-state index contributed by atoms with van der Waals surface area (Å²) >= 11 is 0. The number of hydrogen-bond donors (Lipinski definition) is 2. The normalized spacial score (nSPS) is 31.1. The number of carboxylic acids is 1. The standard InChI is InChI=1S/C5H7NO4/c1-2-3(4(7)8)6-5(9)10-2/h2-3H,1H3,(H,6,9)(H,7,8)/t2?,3-/m0/s1. The first-order valence-electron chi connectivity index (χ1n) is 2.81. The number of carbonyl (C=O) groups excluding carboxylic acids is 1. The molecule has 1 aliphatic heterocycles. The van der Waals surface area contributed by atoms with Crippen molar-refractivity contribution in [2.24, 2.45) is 0 Å². The topological polar surface area (TPSA) is 75.6 Å². The Morgan fingerprint density at radius 2 is 2.40 bits per heavy atom. The van der Waals surface area contributed by atoms with Gasteiger partial charge in [-0.15, -0.1) is 0 Å². The van der Waals surface area contributed by atoms with E-state index in [1.807, 2.05) is 0 Å². The van der Waals surface area contributed by atoms with E-state index in [4.69, 9.17) is 5.11 Å². The van der Waals surface area contributed by atoms with E-state index in [9.17, 15) is 9.59 Å². The second-order valence-corrected chi connectivity index (χ2v) is 2.07. The fourth-order valence-corrected chi connectivity index (χ4v) is 0.778. The molecule has 1 rings (SSSR count). The minimum atomic E-state index is -1.07. The van der Waals surface area contributed by atoms with Crippen LogP contribution in [0.4, 0.5) is 4.79 Å². The molecule has 5 nitrogen and oxygen atoms in total. The lowest BCUT2D eigenvalue weighted by Gasteiger charge is -2.04. The number of rotatable bonds is 1. The maximum absolute atomic E-state index is 10.4. The molecule has 0 saturated carbocycles. The summed E-state index contributed by atoms with van der Waals surface area (Å²) in [6, 6.07) is -0.896. The molecule has 0 bridgehead atoms. The lowest BCUT2D eigenvalue weighted by Crippen LogP contribution is -2.37. The van der Waals surface area contributed by atoms with Gasteiger partial charge in [0.25, 0.3) is 0 Å². The maximum atomic E-state index is 10.4. The van der Waals surface area contributed by atoms with Crippen molar-refractivity contribution in [3.8, 4) is 0 Å². The molecular formula is C5H7NO4. The lowest BCUT2D eigenvalue weighted by molar-refractivity contribution is -0.140. The van der Waals surface area contributed by atoms with Crippen LogP contribution in [0.5, 0.6) is 0 Å². The SMILES string of the molecule is CC1OC(=O)N[C@@H]1C(=O)O. The number of cyclic esters (lactones) is 1. The van der Waals surface area contributed by atoms with Gasteiger partial charge in [0.1, 0.15) is 6.10 Å². The molecule has 1 amide bonds. The van der Waals surface area contributed by atoms with Crippen LogP contribution in [0.3, 0.4) is 0 Å². The molecule has 0 aromatic rings. The highest BCUT2D eigenvalue weighted by atomic mass is 16.6. The molecule has 0 spiro atoms. The smallest absolute Gasteiger partial charge is 0.408 e. The first-order valence-corrected chi connectivity index (χ1v) is 2.81. The van der Waals surface area contributed by atoms with Crippen molar-refractivity contribution in [2.45, 2.75) is 19.1 Å². The van der Waals surface area contributed by atoms with Crippen LogP contribution < -0.4 is 5.32 Å². The van der Waals surface area contributed by atoms with Gasteiger partial charge in [-0.2, -0.15) is 0 Å². The quantitative estimate of drug-likeness (QED) is 0.524. The van der Waals surface area contributed by atoms with Crippen LogP contribution in [0, 0.1) is 0 Å². The van der Waals surface area contributed by atoms with Gasteiger partial charge in [0.15, 0.2) is 6.04 Å². The van der Waals surface area contributed by atoms with Crippen LogP contribution >= 0.6 is 0 Å². The van der Waals surface area contributed by atoms with Crippen LogP contribution in [-0.4, -0.2) is 29.3 Å². The Balaban J connectivity index is 2.63. The number of ether oxygens (including phenoxy) is 1. The van der Waals surface area contributed by atoms with E-state index in [0.717, 1.165) is 0 Å². The summed E-state index contributed by atoms with van der Waals surface area (Å²) in [5, 5.41) is 10.5. The largest absolute Gasteiger partial charge is 0.480 e. The number of aliphatic carboxylic acids is 1. The van der Waals surface area contributed by atoms with Crippen molar-refractivity contribution in [3.05, 3.63) is 0 Å². The number of carboxylic acid groups (broad SMARTS) is 1. The average molecular weight is 145 g/mol. The van der Waals surface area contributed by atoms with Gasteiger partial charge in [0.2, 0.25) is 0 Å². The zero-order valence-electron chi connectivity index (χ0n) is 5.33. The van der Waals surface area contributed by atoms with Crippen molar-refractivity contribution in [1.29, 1.82) is 0 Å². The summed E-state index contributed by atoms with van der Waals surface area (Å²) < 4.78 is 4.50. The number of alkyl carbamates (subject to hydrolysis) is 1. The fourth-order valence-electron chi connectivity index (χ4n) is 0.778. The molecule has 1 heterocycles. The minimum absolute atomic E-state index is 0.579. The summed E-state index contributed by atoms with van der Waals surface area (Å²) in [5.74, 6) is -1.07. The Kier molecular flexibility index (Phi) is 1.48. The monoisotopic (exact) mass is 145 g/mol. The second kappa shape index (κ2) is 2.17. The van der Waals surface area contributed by atoms with Crippen LogP contribution in [0.15, 0.2) is 0 Å². The van der Waals surface area contributed by atoms with Gasteiger partial charge >= 0.3 is 12.1 Å². The molecule has 0 aliphatic carbocycles. The highest BCUT2D eigenvalue weighted by Crippen LogP contribution is 2.06. The Morgan fingerprint density at radius 3 is 2.60 bits per heavy atom. The molecular weight excluding hydrogens is 138 g/mol. The number of hydrogen-bond acceptors (Lipinski definition) is 3. The van der Waals surface area contributed by atoms with E-state index in [2.05, 4.69) is 10.1 Å². The van der Waals surface area contributed by atoms with Crippen LogP contribution in [0.1, 0.15) is 6.92 Å². The third kappa shape index (κ3) is 1.02. The summed E-state index contributed by atoms with van der Waals surface area (Å²) in [5.41, 5.74) is 0. The van der Waals surface area contributed by atoms with Crippen molar-refractivity contribution in [1.82, 2.24) is 5.32 Å². The van der Waals surface area contributed by atoms with Crippen LogP contribution in [0.25, 0.3) is 0 Å². The van der Waals surface area contributed by atoms with Crippen molar-refractivity contribution >= 4 is 12.1 Å². The van der Waals surface area contributed by atoms with E-state index in [-0.39, 0.29) is 0 Å². The Hall–Kier alpha value is -1.26. The van der Waals surface area contributed by atoms with Crippen molar-refractivity contribution in [3.63, 3.8) is 0 Å². The van der Waals surface area contributed by atoms with Gasteiger partial charge in [0.05, 0.1) is 0 Å². The number of nitrogens with one attached hydrogen (secondary N) is 1. The number of carbonyl (C=O) groups is 2. The molecule has 0 aromatic heterocycles. The molecule has 2 atom stereocenters. The molecule has 10 heavy (non-hydrogen) atoms. The molecule has 0 aromatic carbocycles. The molecule has 5 heteroatoms. The second-order valence-electron chi connectivity index (χ2n) is 2.07. The van der Waals surface area contributed by atoms with Gasteiger partial charge in [0, 0.05) is 0 Å². The molecule has 1 fully saturated rings. The molecule has 56 valence electrons. The van der Waals surface area contributed by atoms with E-state index >= 15 is 0 Å². The first kappa shape index (κ1) is 6.85. The zero-order valence-corrected chi connectivity index (χ0v) is 5.33. The van der Waals surface area contributed by atoms with Crippen molar-refractivity contribution < 1.29 is 19.4 Å². The maximum Gasteiger partial charge on any atom is 0.408 e. The summed E-state index contributed by atoms with van der Waals surface area (Å²) in [6.45, 7) is 1.52. The number of amides is 1. The molecule has 1 aliphatic rings. The molecule has 1 unspecified atom stereocenters. The minimum Gasteiger partial charge on any atom is -0.480 e. The van der Waals surface area contributed by atoms with E-state index in [0.29, 0.717) is 0 Å². The van der Waals surface area contributed by atoms with Crippen LogP contribution in [0.2, 0.25) is 0 Å². The summed E-state index contributed by atoms with van der Waals surface area (Å²) in [6.07, 6.45) is -1.25. The Labute approximate surface area is 57.0 Å². The first-order chi connectivity index (χ1) is 4.61. The van der Waals surface area contributed by atoms with Gasteiger partial charge in [-0.25, -0.2) is 9.59 Å². The van der Waals surface area contributed by atoms with Crippen molar-refractivity contribution in [2.75, 3.05) is 0 Å². The molecule has 1 saturated heterocycles. The van der Waals surface area contributed by atoms with Crippen LogP contribution in [-0.2, 0) is 9.53 Å². The molecule has 0 radical (unpaired) electrons. The predicted molar refractivity (Wildman–Crippen MR) is 30.5 cm³/mol. The van der Waals surface area contributed by atoms with E-state index < -0.39 is 24.2 Å². The van der Waals surface area contributed by atoms with Gasteiger partial charge in [-0.3, -0.25) is 0 Å². The van der Waals surface area contributed by atoms with Gasteiger partial charge in [-0.1, -0.05) is 0 Å². The predicted octanol–water partition coefficient (Wildman–Crippen LogP) is -0.432. The van der Waals surface area contributed by atoms with E-state index in [1.54, 1.807) is 0 Å². The fraction of sp³-hybridized carbons (Fsp3) is 0.600. The lowest BCUT2D eigenvalue weighted by atomic mass is 10.2. The van der Waals surface area contributed by atoms with Gasteiger partial charge in [-0.05, 0) is 6.92 Å². The highest BCUT2D eigenvalue weighted by molar-refractivity contribution is 5.83. The van der Waals surface area contributed by atoms with E-state index in [1.165, 1.54) is 6.92 Å². The third-order valence-corrected chi connectivity index (χ3v) is 1.30. The summed E-state index contributed by atoms with van der Waals surface area (Å²) in [7, 11) is 0. The third-order valence-electron chi connectivity index (χ3n) is 1.30. The average Bonchev–Trinajstić information content (AvgIpc) is 2.10. The zero-order chi connectivity index (χ0) is 7.72. The Bertz CT molecular complexity index is 178. The highest BCUT2D eigenvalue weighted by Gasteiger charge is 2.35.